The second-order valence-corrected chi connectivity index (χ2v) is 4.84. The lowest BCUT2D eigenvalue weighted by molar-refractivity contribution is -0.274. The number of hydrogen-bond donors (Lipinski definition) is 3. The molecule has 0 spiro atoms. The van der Waals surface area contributed by atoms with Gasteiger partial charge in [-0.15, -0.1) is 13.2 Å². The van der Waals surface area contributed by atoms with Crippen molar-refractivity contribution in [2.24, 2.45) is 0 Å². The molecule has 0 bridgehead atoms. The highest BCUT2D eigenvalue weighted by Gasteiger charge is 2.31. The average molecular weight is 336 g/mol. The predicted molar refractivity (Wildman–Crippen MR) is 76.0 cm³/mol. The monoisotopic (exact) mass is 336 g/mol. The minimum Gasteiger partial charge on any atom is -0.406 e. The Morgan fingerprint density at radius 2 is 1.91 bits per heavy atom. The minimum atomic E-state index is -4.77. The zero-order valence-corrected chi connectivity index (χ0v) is 12.7. The molecule has 0 aliphatic rings. The van der Waals surface area contributed by atoms with Crippen LogP contribution in [0.3, 0.4) is 0 Å². The maximum absolute atomic E-state index is 12.0. The molecular formula is C14H19F3N2O4. The summed E-state index contributed by atoms with van der Waals surface area (Å²) in [4.78, 5) is 11.5. The quantitative estimate of drug-likeness (QED) is 0.711. The molecule has 23 heavy (non-hydrogen) atoms. The lowest BCUT2D eigenvalue weighted by Gasteiger charge is -2.16. The Morgan fingerprint density at radius 3 is 2.43 bits per heavy atom. The van der Waals surface area contributed by atoms with Crippen LogP contribution in [0.1, 0.15) is 18.6 Å². The maximum atomic E-state index is 12.0. The van der Waals surface area contributed by atoms with Gasteiger partial charge < -0.3 is 25.2 Å². The molecule has 1 aromatic carbocycles. The Morgan fingerprint density at radius 1 is 1.30 bits per heavy atom. The van der Waals surface area contributed by atoms with E-state index in [9.17, 15) is 23.1 Å². The van der Waals surface area contributed by atoms with E-state index in [1.165, 1.54) is 19.2 Å². The number of nitrogens with one attached hydrogen (secondary N) is 2. The zero-order chi connectivity index (χ0) is 17.5. The second kappa shape index (κ2) is 8.59. The first kappa shape index (κ1) is 19.0. The Labute approximate surface area is 131 Å². The fourth-order valence-corrected chi connectivity index (χ4v) is 1.77. The van der Waals surface area contributed by atoms with Crippen molar-refractivity contribution >= 4 is 6.03 Å². The van der Waals surface area contributed by atoms with E-state index >= 15 is 0 Å². The lowest BCUT2D eigenvalue weighted by Crippen LogP contribution is -2.43. The summed E-state index contributed by atoms with van der Waals surface area (Å²) in [5.74, 6) is -0.382. The minimum absolute atomic E-state index is 0.0923. The molecule has 2 atom stereocenters. The molecule has 0 fully saturated rings. The van der Waals surface area contributed by atoms with Gasteiger partial charge in [-0.2, -0.15) is 0 Å². The highest BCUT2D eigenvalue weighted by atomic mass is 19.4. The number of aliphatic hydroxyl groups excluding tert-OH is 1. The fourth-order valence-electron chi connectivity index (χ4n) is 1.77. The molecule has 1 aromatic rings. The van der Waals surface area contributed by atoms with E-state index in [4.69, 9.17) is 4.74 Å². The number of amides is 2. The van der Waals surface area contributed by atoms with Gasteiger partial charge >= 0.3 is 12.4 Å². The maximum Gasteiger partial charge on any atom is 0.573 e. The summed E-state index contributed by atoms with van der Waals surface area (Å²) in [7, 11) is 1.51. The zero-order valence-electron chi connectivity index (χ0n) is 12.7. The summed E-state index contributed by atoms with van der Waals surface area (Å²) >= 11 is 0. The lowest BCUT2D eigenvalue weighted by atomic mass is 10.1. The van der Waals surface area contributed by atoms with Gasteiger partial charge in [-0.3, -0.25) is 0 Å². The van der Waals surface area contributed by atoms with Gasteiger partial charge in [-0.1, -0.05) is 12.1 Å². The number of hydrogen-bond acceptors (Lipinski definition) is 4. The Bertz CT molecular complexity index is 494. The molecule has 3 N–H and O–H groups in total. The SMILES string of the molecule is COC[C@H](C)NC(=O)NC[C@H](O)c1ccc(OC(F)(F)F)cc1. The van der Waals surface area contributed by atoms with E-state index in [0.29, 0.717) is 12.2 Å². The van der Waals surface area contributed by atoms with Crippen molar-refractivity contribution in [1.29, 1.82) is 0 Å². The molecule has 0 saturated heterocycles. The Balaban J connectivity index is 2.45. The van der Waals surface area contributed by atoms with Gasteiger partial charge in [0.25, 0.3) is 0 Å². The van der Waals surface area contributed by atoms with E-state index in [0.717, 1.165) is 12.1 Å². The third-order valence-electron chi connectivity index (χ3n) is 2.75. The normalized spacial score (nSPS) is 14.0. The molecule has 1 rings (SSSR count). The number of halogens is 3. The topological polar surface area (TPSA) is 79.8 Å². The third-order valence-corrected chi connectivity index (χ3v) is 2.75. The van der Waals surface area contributed by atoms with Crippen LogP contribution in [0.2, 0.25) is 0 Å². The Kier molecular flexibility index (Phi) is 7.11. The Hall–Kier alpha value is -2.00. The average Bonchev–Trinajstić information content (AvgIpc) is 2.44. The summed E-state index contributed by atoms with van der Waals surface area (Å²) in [6.45, 7) is 2.00. The molecule has 9 heteroatoms. The molecule has 0 radical (unpaired) electrons. The van der Waals surface area contributed by atoms with Gasteiger partial charge in [0.1, 0.15) is 5.75 Å². The van der Waals surface area contributed by atoms with Crippen LogP contribution >= 0.6 is 0 Å². The molecule has 0 aliphatic carbocycles. The first-order chi connectivity index (χ1) is 10.7. The van der Waals surface area contributed by atoms with Crippen LogP contribution < -0.4 is 15.4 Å². The molecule has 2 amide bonds. The standard InChI is InChI=1S/C14H19F3N2O4/c1-9(8-22-2)19-13(21)18-7-12(20)10-3-5-11(6-4-10)23-14(15,16)17/h3-6,9,12,20H,7-8H2,1-2H3,(H2,18,19,21)/t9-,12-/m0/s1. The first-order valence-corrected chi connectivity index (χ1v) is 6.78. The molecular weight excluding hydrogens is 317 g/mol. The van der Waals surface area contributed by atoms with E-state index in [1.54, 1.807) is 6.92 Å². The predicted octanol–water partition coefficient (Wildman–Crippen LogP) is 1.95. The summed E-state index contributed by atoms with van der Waals surface area (Å²) in [6, 6.07) is 4.08. The van der Waals surface area contributed by atoms with Crippen molar-refractivity contribution in [3.63, 3.8) is 0 Å². The van der Waals surface area contributed by atoms with Crippen LogP contribution in [0.15, 0.2) is 24.3 Å². The van der Waals surface area contributed by atoms with Gasteiger partial charge in [-0.05, 0) is 24.6 Å². The van der Waals surface area contributed by atoms with Crippen molar-refractivity contribution < 1.29 is 32.5 Å². The summed E-state index contributed by atoms with van der Waals surface area (Å²) in [5, 5.41) is 14.9. The van der Waals surface area contributed by atoms with Crippen molar-refractivity contribution in [1.82, 2.24) is 10.6 Å². The molecule has 0 aromatic heterocycles. The molecule has 0 aliphatic heterocycles. The van der Waals surface area contributed by atoms with Crippen molar-refractivity contribution in [2.45, 2.75) is 25.4 Å². The second-order valence-electron chi connectivity index (χ2n) is 4.84. The number of ether oxygens (including phenoxy) is 2. The third kappa shape index (κ3) is 7.71. The number of alkyl halides is 3. The van der Waals surface area contributed by atoms with Crippen LogP contribution in [0, 0.1) is 0 Å². The molecule has 0 saturated carbocycles. The van der Waals surface area contributed by atoms with Crippen molar-refractivity contribution in [3.05, 3.63) is 29.8 Å². The number of urea groups is 1. The van der Waals surface area contributed by atoms with Crippen LogP contribution in [-0.2, 0) is 4.74 Å². The van der Waals surface area contributed by atoms with Crippen LogP contribution in [0.25, 0.3) is 0 Å². The van der Waals surface area contributed by atoms with Gasteiger partial charge in [-0.25, -0.2) is 4.79 Å². The van der Waals surface area contributed by atoms with Crippen molar-refractivity contribution in [3.8, 4) is 5.75 Å². The van der Waals surface area contributed by atoms with Crippen LogP contribution in [0.5, 0.6) is 5.75 Å². The molecule has 130 valence electrons. The van der Waals surface area contributed by atoms with Crippen molar-refractivity contribution in [2.75, 3.05) is 20.3 Å². The highest BCUT2D eigenvalue weighted by molar-refractivity contribution is 5.74. The first-order valence-electron chi connectivity index (χ1n) is 6.78. The summed E-state index contributed by atoms with van der Waals surface area (Å²) < 4.78 is 44.7. The van der Waals surface area contributed by atoms with E-state index < -0.39 is 18.5 Å². The number of methoxy groups -OCH3 is 1. The smallest absolute Gasteiger partial charge is 0.406 e. The molecule has 6 nitrogen and oxygen atoms in total. The number of benzene rings is 1. The fraction of sp³-hybridized carbons (Fsp3) is 0.500. The summed E-state index contributed by atoms with van der Waals surface area (Å²) in [6.07, 6.45) is -5.82. The van der Waals surface area contributed by atoms with Gasteiger partial charge in [0, 0.05) is 13.7 Å². The van der Waals surface area contributed by atoms with E-state index in [2.05, 4.69) is 15.4 Å². The van der Waals surface area contributed by atoms with E-state index in [-0.39, 0.29) is 18.3 Å². The van der Waals surface area contributed by atoms with Gasteiger partial charge in [0.15, 0.2) is 0 Å². The molecule has 0 unspecified atom stereocenters. The number of carbonyl (C=O) groups is 1. The van der Waals surface area contributed by atoms with Crippen LogP contribution in [-0.4, -0.2) is 43.8 Å². The van der Waals surface area contributed by atoms with Crippen LogP contribution in [0.4, 0.5) is 18.0 Å². The largest absolute Gasteiger partial charge is 0.573 e. The number of aliphatic hydroxyl groups is 1. The van der Waals surface area contributed by atoms with Gasteiger partial charge in [0.2, 0.25) is 0 Å². The van der Waals surface area contributed by atoms with Gasteiger partial charge in [0.05, 0.1) is 18.8 Å². The highest BCUT2D eigenvalue weighted by Crippen LogP contribution is 2.24. The number of rotatable bonds is 7. The summed E-state index contributed by atoms with van der Waals surface area (Å²) in [5.41, 5.74) is 0.352. The van der Waals surface area contributed by atoms with E-state index in [1.807, 2.05) is 0 Å². The molecule has 0 heterocycles. The number of carbonyl (C=O) groups excluding carboxylic acids is 1.